The molecule has 2 aliphatic rings. The van der Waals surface area contributed by atoms with E-state index in [-0.39, 0.29) is 4.90 Å². The normalized spacial score (nSPS) is 17.1. The molecule has 2 saturated heterocycles. The van der Waals surface area contributed by atoms with Gasteiger partial charge in [-0.15, -0.1) is 0 Å². The maximum atomic E-state index is 13.2. The summed E-state index contributed by atoms with van der Waals surface area (Å²) in [6, 6.07) is 9.87. The number of benzene rings is 2. The molecule has 10 heteroatoms. The fraction of sp³-hybridized carbons (Fsp3) is 0.435. The van der Waals surface area contributed by atoms with Crippen LogP contribution in [0.2, 0.25) is 0 Å². The monoisotopic (exact) mass is 475 g/mol. The van der Waals surface area contributed by atoms with Crippen LogP contribution in [0.25, 0.3) is 0 Å². The molecular formula is C23H29N3O6S. The van der Waals surface area contributed by atoms with Gasteiger partial charge in [0.05, 0.1) is 49.3 Å². The van der Waals surface area contributed by atoms with E-state index in [1.807, 2.05) is 0 Å². The topological polar surface area (TPSA) is 97.4 Å². The Hall–Kier alpha value is -2.82. The molecule has 0 bridgehead atoms. The minimum absolute atomic E-state index is 0.143. The lowest BCUT2D eigenvalue weighted by Crippen LogP contribution is -2.40. The van der Waals surface area contributed by atoms with E-state index in [1.165, 1.54) is 18.5 Å². The van der Waals surface area contributed by atoms with Gasteiger partial charge in [-0.1, -0.05) is 0 Å². The van der Waals surface area contributed by atoms with Crippen molar-refractivity contribution < 1.29 is 27.4 Å². The molecule has 4 rings (SSSR count). The summed E-state index contributed by atoms with van der Waals surface area (Å²) < 4.78 is 43.7. The van der Waals surface area contributed by atoms with Crippen molar-refractivity contribution in [1.82, 2.24) is 4.31 Å². The number of anilines is 2. The number of hydrogen-bond donors (Lipinski definition) is 1. The highest BCUT2D eigenvalue weighted by Crippen LogP contribution is 2.34. The first-order valence-electron chi connectivity index (χ1n) is 10.9. The van der Waals surface area contributed by atoms with Crippen molar-refractivity contribution >= 4 is 27.3 Å². The first kappa shape index (κ1) is 23.3. The van der Waals surface area contributed by atoms with Crippen molar-refractivity contribution in [2.45, 2.75) is 17.7 Å². The van der Waals surface area contributed by atoms with Crippen LogP contribution in [0, 0.1) is 0 Å². The molecule has 9 nitrogen and oxygen atoms in total. The van der Waals surface area contributed by atoms with E-state index >= 15 is 0 Å². The highest BCUT2D eigenvalue weighted by molar-refractivity contribution is 7.89. The lowest BCUT2D eigenvalue weighted by molar-refractivity contribution is 0.0730. The smallest absolute Gasteiger partial charge is 0.259 e. The number of ether oxygens (including phenoxy) is 3. The van der Waals surface area contributed by atoms with Crippen LogP contribution in [0.5, 0.6) is 11.5 Å². The van der Waals surface area contributed by atoms with Crippen molar-refractivity contribution in [3.8, 4) is 11.5 Å². The van der Waals surface area contributed by atoms with Gasteiger partial charge >= 0.3 is 0 Å². The largest absolute Gasteiger partial charge is 0.497 e. The minimum atomic E-state index is -3.70. The molecule has 1 N–H and O–H groups in total. The summed E-state index contributed by atoms with van der Waals surface area (Å²) in [6.45, 7) is 3.05. The lowest BCUT2D eigenvalue weighted by Gasteiger charge is -2.27. The Labute approximate surface area is 194 Å². The van der Waals surface area contributed by atoms with Gasteiger partial charge in [-0.3, -0.25) is 4.79 Å². The summed E-state index contributed by atoms with van der Waals surface area (Å²) in [4.78, 5) is 15.5. The van der Waals surface area contributed by atoms with E-state index in [4.69, 9.17) is 14.2 Å². The van der Waals surface area contributed by atoms with Crippen molar-refractivity contribution in [2.75, 3.05) is 63.8 Å². The van der Waals surface area contributed by atoms with Gasteiger partial charge < -0.3 is 24.4 Å². The molecule has 2 aliphatic heterocycles. The predicted octanol–water partition coefficient (Wildman–Crippen LogP) is 2.58. The maximum Gasteiger partial charge on any atom is 0.259 e. The molecule has 0 radical (unpaired) electrons. The van der Waals surface area contributed by atoms with Crippen LogP contribution in [0.15, 0.2) is 41.3 Å². The van der Waals surface area contributed by atoms with Gasteiger partial charge in [-0.05, 0) is 43.2 Å². The number of carbonyl (C=O) groups is 1. The van der Waals surface area contributed by atoms with Crippen molar-refractivity contribution in [1.29, 1.82) is 0 Å². The van der Waals surface area contributed by atoms with E-state index < -0.39 is 15.9 Å². The molecule has 0 unspecified atom stereocenters. The number of methoxy groups -OCH3 is 2. The van der Waals surface area contributed by atoms with E-state index in [9.17, 15) is 13.2 Å². The molecule has 33 heavy (non-hydrogen) atoms. The average molecular weight is 476 g/mol. The summed E-state index contributed by atoms with van der Waals surface area (Å²) in [6.07, 6.45) is 2.10. The Morgan fingerprint density at radius 2 is 1.70 bits per heavy atom. The number of morpholine rings is 1. The van der Waals surface area contributed by atoms with Gasteiger partial charge in [0.15, 0.2) is 0 Å². The molecule has 0 atom stereocenters. The number of nitrogens with zero attached hydrogens (tertiary/aromatic N) is 2. The zero-order valence-electron chi connectivity index (χ0n) is 18.9. The van der Waals surface area contributed by atoms with Crippen LogP contribution in [-0.2, 0) is 14.8 Å². The molecule has 2 aromatic carbocycles. The van der Waals surface area contributed by atoms with Gasteiger partial charge in [0.2, 0.25) is 10.0 Å². The molecule has 0 aromatic heterocycles. The Balaban J connectivity index is 1.69. The van der Waals surface area contributed by atoms with Crippen LogP contribution in [0.1, 0.15) is 23.2 Å². The van der Waals surface area contributed by atoms with E-state index in [0.29, 0.717) is 49.1 Å². The highest BCUT2D eigenvalue weighted by atomic mass is 32.2. The molecule has 0 aliphatic carbocycles. The summed E-state index contributed by atoms with van der Waals surface area (Å²) in [7, 11) is -0.683. The van der Waals surface area contributed by atoms with Crippen LogP contribution < -0.4 is 19.7 Å². The molecule has 2 heterocycles. The van der Waals surface area contributed by atoms with Crippen LogP contribution in [0.4, 0.5) is 11.4 Å². The molecular weight excluding hydrogens is 446 g/mol. The SMILES string of the molecule is COc1ccc(C(=O)Nc2cc(S(=O)(=O)N3CCOCC3)ccc2N2CCCC2)c(OC)c1. The number of amides is 1. The lowest BCUT2D eigenvalue weighted by atomic mass is 10.1. The fourth-order valence-electron chi connectivity index (χ4n) is 4.12. The first-order chi connectivity index (χ1) is 15.9. The zero-order chi connectivity index (χ0) is 23.4. The fourth-order valence-corrected chi connectivity index (χ4v) is 5.56. The summed E-state index contributed by atoms with van der Waals surface area (Å²) in [5, 5.41) is 2.92. The second kappa shape index (κ2) is 9.98. The second-order valence-electron chi connectivity index (χ2n) is 7.91. The van der Waals surface area contributed by atoms with Gasteiger partial charge in [0.25, 0.3) is 5.91 Å². The average Bonchev–Trinajstić information content (AvgIpc) is 3.38. The third kappa shape index (κ3) is 4.92. The van der Waals surface area contributed by atoms with E-state index in [0.717, 1.165) is 31.6 Å². The van der Waals surface area contributed by atoms with Crippen molar-refractivity contribution in [2.24, 2.45) is 0 Å². The van der Waals surface area contributed by atoms with Crippen molar-refractivity contribution in [3.05, 3.63) is 42.0 Å². The Kier molecular flexibility index (Phi) is 7.06. The van der Waals surface area contributed by atoms with Gasteiger partial charge in [0.1, 0.15) is 11.5 Å². The molecule has 2 aromatic rings. The van der Waals surface area contributed by atoms with Crippen LogP contribution >= 0.6 is 0 Å². The summed E-state index contributed by atoms with van der Waals surface area (Å²) >= 11 is 0. The standard InChI is InChI=1S/C23H29N3O6S/c1-30-17-5-7-19(22(15-17)31-2)23(27)24-20-16-18(6-8-21(20)25-9-3-4-10-25)33(28,29)26-11-13-32-14-12-26/h5-8,15-16H,3-4,9-14H2,1-2H3,(H,24,27). The van der Waals surface area contributed by atoms with Crippen LogP contribution in [0.3, 0.4) is 0 Å². The van der Waals surface area contributed by atoms with Gasteiger partial charge in [0, 0.05) is 32.2 Å². The minimum Gasteiger partial charge on any atom is -0.497 e. The number of nitrogens with one attached hydrogen (secondary N) is 1. The first-order valence-corrected chi connectivity index (χ1v) is 12.4. The quantitative estimate of drug-likeness (QED) is 0.657. The molecule has 2 fully saturated rings. The van der Waals surface area contributed by atoms with Gasteiger partial charge in [-0.25, -0.2) is 8.42 Å². The van der Waals surface area contributed by atoms with Gasteiger partial charge in [-0.2, -0.15) is 4.31 Å². The molecule has 178 valence electrons. The summed E-state index contributed by atoms with van der Waals surface area (Å²) in [5.41, 5.74) is 1.58. The molecule has 1 amide bonds. The third-order valence-corrected chi connectivity index (χ3v) is 7.82. The Morgan fingerprint density at radius 1 is 0.970 bits per heavy atom. The number of sulfonamides is 1. The molecule has 0 saturated carbocycles. The second-order valence-corrected chi connectivity index (χ2v) is 9.85. The highest BCUT2D eigenvalue weighted by Gasteiger charge is 2.28. The predicted molar refractivity (Wildman–Crippen MR) is 125 cm³/mol. The number of rotatable bonds is 7. The number of hydrogen-bond acceptors (Lipinski definition) is 7. The Bertz CT molecular complexity index is 1110. The third-order valence-electron chi connectivity index (χ3n) is 5.92. The maximum absolute atomic E-state index is 13.2. The van der Waals surface area contributed by atoms with Crippen molar-refractivity contribution in [3.63, 3.8) is 0 Å². The molecule has 0 spiro atoms. The van der Waals surface area contributed by atoms with E-state index in [1.54, 1.807) is 36.4 Å². The van der Waals surface area contributed by atoms with Crippen LogP contribution in [-0.4, -0.2) is 72.2 Å². The zero-order valence-corrected chi connectivity index (χ0v) is 19.7. The van der Waals surface area contributed by atoms with E-state index in [2.05, 4.69) is 10.2 Å². The Morgan fingerprint density at radius 3 is 2.36 bits per heavy atom. The summed E-state index contributed by atoms with van der Waals surface area (Å²) in [5.74, 6) is 0.544. The number of carbonyl (C=O) groups excluding carboxylic acids is 1.